The Labute approximate surface area is 131 Å². The number of rotatable bonds is 8. The molecule has 1 aromatic rings. The number of alkyl carbamates (subject to hydrolysis) is 1. The van der Waals surface area contributed by atoms with E-state index in [1.54, 1.807) is 0 Å². The van der Waals surface area contributed by atoms with Gasteiger partial charge in [0, 0.05) is 18.1 Å². The Bertz CT molecular complexity index is 443. The third-order valence-electron chi connectivity index (χ3n) is 3.07. The number of nitrogens with one attached hydrogen (secondary N) is 2. The summed E-state index contributed by atoms with van der Waals surface area (Å²) >= 11 is 6.05. The summed E-state index contributed by atoms with van der Waals surface area (Å²) in [5, 5.41) is 6.43. The first-order valence-electron chi connectivity index (χ1n) is 6.92. The number of ether oxygens (including phenoxy) is 2. The van der Waals surface area contributed by atoms with Crippen molar-refractivity contribution in [3.05, 3.63) is 34.9 Å². The van der Waals surface area contributed by atoms with Crippen LogP contribution in [0.2, 0.25) is 5.02 Å². The summed E-state index contributed by atoms with van der Waals surface area (Å²) in [6, 6.07) is 7.65. The van der Waals surface area contributed by atoms with Gasteiger partial charge < -0.3 is 20.1 Å². The Morgan fingerprint density at radius 3 is 2.81 bits per heavy atom. The third kappa shape index (κ3) is 6.33. The Morgan fingerprint density at radius 2 is 2.19 bits per heavy atom. The van der Waals surface area contributed by atoms with Crippen molar-refractivity contribution in [1.29, 1.82) is 0 Å². The van der Waals surface area contributed by atoms with Gasteiger partial charge in [-0.25, -0.2) is 4.79 Å². The van der Waals surface area contributed by atoms with Gasteiger partial charge in [0.2, 0.25) is 0 Å². The van der Waals surface area contributed by atoms with Gasteiger partial charge in [-0.2, -0.15) is 0 Å². The highest BCUT2D eigenvalue weighted by Crippen LogP contribution is 2.27. The maximum atomic E-state index is 11.0. The van der Waals surface area contributed by atoms with Gasteiger partial charge in [-0.3, -0.25) is 0 Å². The normalized spacial score (nSPS) is 13.5. The summed E-state index contributed by atoms with van der Waals surface area (Å²) in [5.41, 5.74) is 1.03. The van der Waals surface area contributed by atoms with E-state index in [4.69, 9.17) is 16.3 Å². The number of methoxy groups -OCH3 is 1. The zero-order valence-corrected chi connectivity index (χ0v) is 13.4. The second-order valence-corrected chi connectivity index (χ2v) is 5.24. The maximum Gasteiger partial charge on any atom is 0.406 e. The van der Waals surface area contributed by atoms with Crippen LogP contribution in [-0.2, 0) is 9.47 Å². The molecular weight excluding hydrogens is 292 g/mol. The average Bonchev–Trinajstić information content (AvgIpc) is 2.47. The fourth-order valence-electron chi connectivity index (χ4n) is 2.11. The van der Waals surface area contributed by atoms with Crippen LogP contribution >= 0.6 is 11.6 Å². The lowest BCUT2D eigenvalue weighted by Crippen LogP contribution is -2.29. The molecule has 118 valence electrons. The number of carbonyl (C=O) groups excluding carboxylic acids is 1. The van der Waals surface area contributed by atoms with Gasteiger partial charge in [0.25, 0.3) is 0 Å². The van der Waals surface area contributed by atoms with Crippen molar-refractivity contribution in [3.63, 3.8) is 0 Å². The van der Waals surface area contributed by atoms with E-state index in [0.29, 0.717) is 18.2 Å². The van der Waals surface area contributed by atoms with Gasteiger partial charge in [0.05, 0.1) is 19.8 Å². The molecule has 2 N–H and O–H groups in total. The molecule has 1 amide bonds. The van der Waals surface area contributed by atoms with Crippen LogP contribution < -0.4 is 10.6 Å². The van der Waals surface area contributed by atoms with Crippen molar-refractivity contribution in [2.24, 2.45) is 5.92 Å². The predicted molar refractivity (Wildman–Crippen MR) is 83.6 cm³/mol. The van der Waals surface area contributed by atoms with Gasteiger partial charge in [0.15, 0.2) is 0 Å². The van der Waals surface area contributed by atoms with Gasteiger partial charge in [-0.1, -0.05) is 30.7 Å². The van der Waals surface area contributed by atoms with Crippen LogP contribution in [0.5, 0.6) is 0 Å². The molecule has 21 heavy (non-hydrogen) atoms. The lowest BCUT2D eigenvalue weighted by molar-refractivity contribution is 0.0182. The van der Waals surface area contributed by atoms with Gasteiger partial charge >= 0.3 is 6.09 Å². The standard InChI is InChI=1S/C15H23ClN2O3/c1-11(10-17-2)14(12-5-4-6-13(16)9-12)21-8-7-18-15(19)20-3/h4-6,9,11,14,17H,7-8,10H2,1-3H3,(H,18,19)/t11-,14+/m0/s1. The molecule has 0 aliphatic carbocycles. The molecule has 2 atom stereocenters. The van der Waals surface area contributed by atoms with Crippen LogP contribution in [0.1, 0.15) is 18.6 Å². The van der Waals surface area contributed by atoms with Crippen molar-refractivity contribution in [3.8, 4) is 0 Å². The maximum absolute atomic E-state index is 11.0. The molecule has 0 spiro atoms. The summed E-state index contributed by atoms with van der Waals surface area (Å²) in [6.45, 7) is 3.73. The molecule has 6 heteroatoms. The summed E-state index contributed by atoms with van der Waals surface area (Å²) < 4.78 is 10.4. The van der Waals surface area contributed by atoms with Crippen LogP contribution in [0.3, 0.4) is 0 Å². The lowest BCUT2D eigenvalue weighted by Gasteiger charge is -2.25. The largest absolute Gasteiger partial charge is 0.453 e. The first-order valence-corrected chi connectivity index (χ1v) is 7.29. The van der Waals surface area contributed by atoms with Crippen molar-refractivity contribution in [2.75, 3.05) is 33.9 Å². The molecule has 0 unspecified atom stereocenters. The highest BCUT2D eigenvalue weighted by Gasteiger charge is 2.20. The molecule has 0 aliphatic heterocycles. The Kier molecular flexibility index (Phi) is 8.12. The monoisotopic (exact) mass is 314 g/mol. The Hall–Kier alpha value is -1.30. The molecule has 1 aromatic carbocycles. The molecule has 0 saturated heterocycles. The van der Waals surface area contributed by atoms with E-state index in [9.17, 15) is 4.79 Å². The number of halogens is 1. The zero-order valence-electron chi connectivity index (χ0n) is 12.7. The number of hydrogen-bond donors (Lipinski definition) is 2. The second kappa shape index (κ2) is 9.60. The predicted octanol–water partition coefficient (Wildman–Crippen LogP) is 2.61. The fourth-order valence-corrected chi connectivity index (χ4v) is 2.31. The van der Waals surface area contributed by atoms with Crippen LogP contribution in [0.15, 0.2) is 24.3 Å². The number of amides is 1. The first-order chi connectivity index (χ1) is 10.1. The van der Waals surface area contributed by atoms with Crippen LogP contribution in [0, 0.1) is 5.92 Å². The van der Waals surface area contributed by atoms with E-state index in [0.717, 1.165) is 12.1 Å². The van der Waals surface area contributed by atoms with Crippen LogP contribution in [0.25, 0.3) is 0 Å². The molecule has 0 heterocycles. The molecule has 1 rings (SSSR count). The van der Waals surface area contributed by atoms with Gasteiger partial charge in [-0.15, -0.1) is 0 Å². The Morgan fingerprint density at radius 1 is 1.43 bits per heavy atom. The molecule has 0 aromatic heterocycles. The van der Waals surface area contributed by atoms with E-state index < -0.39 is 6.09 Å². The van der Waals surface area contributed by atoms with Crippen LogP contribution in [-0.4, -0.2) is 39.9 Å². The third-order valence-corrected chi connectivity index (χ3v) is 3.31. The molecule has 0 fully saturated rings. The fraction of sp³-hybridized carbons (Fsp3) is 0.533. The van der Waals surface area contributed by atoms with Gasteiger partial charge in [-0.05, 0) is 30.7 Å². The Balaban J connectivity index is 2.63. The minimum atomic E-state index is -0.457. The molecule has 5 nitrogen and oxygen atoms in total. The van der Waals surface area contributed by atoms with E-state index in [1.807, 2.05) is 31.3 Å². The molecule has 0 saturated carbocycles. The molecule has 0 aliphatic rings. The van der Waals surface area contributed by atoms with E-state index >= 15 is 0 Å². The van der Waals surface area contributed by atoms with Crippen LogP contribution in [0.4, 0.5) is 4.79 Å². The molecule has 0 radical (unpaired) electrons. The van der Waals surface area contributed by atoms with Crippen molar-refractivity contribution in [2.45, 2.75) is 13.0 Å². The number of hydrogen-bond acceptors (Lipinski definition) is 4. The smallest absolute Gasteiger partial charge is 0.406 e. The number of benzene rings is 1. The quantitative estimate of drug-likeness (QED) is 0.724. The highest BCUT2D eigenvalue weighted by atomic mass is 35.5. The summed E-state index contributed by atoms with van der Waals surface area (Å²) in [6.07, 6.45) is -0.545. The van der Waals surface area contributed by atoms with Crippen molar-refractivity contribution >= 4 is 17.7 Å². The topological polar surface area (TPSA) is 59.6 Å². The minimum Gasteiger partial charge on any atom is -0.453 e. The van der Waals surface area contributed by atoms with Crippen molar-refractivity contribution in [1.82, 2.24) is 10.6 Å². The van der Waals surface area contributed by atoms with E-state index in [1.165, 1.54) is 7.11 Å². The van der Waals surface area contributed by atoms with Gasteiger partial charge in [0.1, 0.15) is 0 Å². The minimum absolute atomic E-state index is 0.0874. The summed E-state index contributed by atoms with van der Waals surface area (Å²) in [5.74, 6) is 0.270. The summed E-state index contributed by atoms with van der Waals surface area (Å²) in [7, 11) is 3.24. The lowest BCUT2D eigenvalue weighted by atomic mass is 9.97. The van der Waals surface area contributed by atoms with E-state index in [-0.39, 0.29) is 12.0 Å². The van der Waals surface area contributed by atoms with Crippen molar-refractivity contribution < 1.29 is 14.3 Å². The second-order valence-electron chi connectivity index (χ2n) is 4.80. The zero-order chi connectivity index (χ0) is 15.7. The molecule has 0 bridgehead atoms. The van der Waals surface area contributed by atoms with E-state index in [2.05, 4.69) is 22.3 Å². The average molecular weight is 315 g/mol. The molecular formula is C15H23ClN2O3. The summed E-state index contributed by atoms with van der Waals surface area (Å²) in [4.78, 5) is 11.0. The number of carbonyl (C=O) groups is 1. The first kappa shape index (κ1) is 17.8. The SMILES string of the molecule is CNC[C@H](C)[C@@H](OCCNC(=O)OC)c1cccc(Cl)c1. The highest BCUT2D eigenvalue weighted by molar-refractivity contribution is 6.30.